The molecule has 3 aromatic rings. The van der Waals surface area contributed by atoms with Gasteiger partial charge in [-0.15, -0.1) is 0 Å². The summed E-state index contributed by atoms with van der Waals surface area (Å²) >= 11 is 5.97. The number of aromatic amines is 1. The van der Waals surface area contributed by atoms with E-state index in [1.54, 1.807) is 12.1 Å². The van der Waals surface area contributed by atoms with Crippen LogP contribution in [0, 0.1) is 0 Å². The van der Waals surface area contributed by atoms with Crippen molar-refractivity contribution >= 4 is 34.3 Å². The zero-order valence-corrected chi connectivity index (χ0v) is 16.4. The first-order valence-electron chi connectivity index (χ1n) is 9.40. The number of amides is 2. The summed E-state index contributed by atoms with van der Waals surface area (Å²) in [7, 11) is 0. The first kappa shape index (κ1) is 18.6. The zero-order valence-electron chi connectivity index (χ0n) is 15.7. The summed E-state index contributed by atoms with van der Waals surface area (Å²) in [4.78, 5) is 30.0. The second kappa shape index (κ2) is 7.68. The van der Waals surface area contributed by atoms with Gasteiger partial charge >= 0.3 is 0 Å². The molecule has 0 saturated carbocycles. The molecule has 0 radical (unpaired) electrons. The molecule has 0 bridgehead atoms. The second-order valence-corrected chi connectivity index (χ2v) is 7.64. The predicted octanol–water partition coefficient (Wildman–Crippen LogP) is 3.97. The number of carbonyl (C=O) groups is 2. The quantitative estimate of drug-likeness (QED) is 0.701. The van der Waals surface area contributed by atoms with E-state index in [2.05, 4.69) is 22.4 Å². The van der Waals surface area contributed by atoms with E-state index in [1.807, 2.05) is 29.2 Å². The average molecular weight is 396 g/mol. The first-order valence-corrected chi connectivity index (χ1v) is 9.78. The molecule has 1 aromatic heterocycles. The van der Waals surface area contributed by atoms with E-state index in [4.69, 9.17) is 11.6 Å². The number of hydrogen-bond acceptors (Lipinski definition) is 2. The number of aromatic nitrogens is 1. The summed E-state index contributed by atoms with van der Waals surface area (Å²) in [5.74, 6) is -0.130. The van der Waals surface area contributed by atoms with Crippen LogP contribution in [0.3, 0.4) is 0 Å². The SMILES string of the molecule is CC(=O)NC(CC(=O)N1CCc2[nH]c3ccccc3c2C1)c1ccc(Cl)cc1. The van der Waals surface area contributed by atoms with Gasteiger partial charge in [-0.25, -0.2) is 0 Å². The highest BCUT2D eigenvalue weighted by Crippen LogP contribution is 2.29. The molecule has 0 spiro atoms. The topological polar surface area (TPSA) is 65.2 Å². The molecule has 1 aliphatic heterocycles. The Kier molecular flexibility index (Phi) is 5.09. The molecule has 1 aliphatic rings. The Hall–Kier alpha value is -2.79. The lowest BCUT2D eigenvalue weighted by Gasteiger charge is -2.29. The van der Waals surface area contributed by atoms with Gasteiger partial charge < -0.3 is 15.2 Å². The van der Waals surface area contributed by atoms with Gasteiger partial charge in [0.2, 0.25) is 11.8 Å². The Morgan fingerprint density at radius 2 is 1.93 bits per heavy atom. The normalized spacial score (nSPS) is 14.6. The lowest BCUT2D eigenvalue weighted by molar-refractivity contribution is -0.133. The third-order valence-corrected chi connectivity index (χ3v) is 5.52. The highest BCUT2D eigenvalue weighted by molar-refractivity contribution is 6.30. The molecule has 1 unspecified atom stereocenters. The third kappa shape index (κ3) is 3.76. The van der Waals surface area contributed by atoms with Gasteiger partial charge in [0.25, 0.3) is 0 Å². The van der Waals surface area contributed by atoms with E-state index in [0.29, 0.717) is 18.1 Å². The van der Waals surface area contributed by atoms with Crippen molar-refractivity contribution in [3.63, 3.8) is 0 Å². The minimum absolute atomic E-state index is 0.0321. The van der Waals surface area contributed by atoms with E-state index >= 15 is 0 Å². The number of carbonyl (C=O) groups excluding carboxylic acids is 2. The van der Waals surface area contributed by atoms with Crippen LogP contribution in [0.15, 0.2) is 48.5 Å². The first-order chi connectivity index (χ1) is 13.5. The van der Waals surface area contributed by atoms with Crippen LogP contribution in [-0.2, 0) is 22.6 Å². The number of halogens is 1. The maximum absolute atomic E-state index is 13.0. The summed E-state index contributed by atoms with van der Waals surface area (Å²) in [6.07, 6.45) is 1.03. The molecule has 28 heavy (non-hydrogen) atoms. The fourth-order valence-corrected chi connectivity index (χ4v) is 4.00. The summed E-state index contributed by atoms with van der Waals surface area (Å²) in [5, 5.41) is 4.69. The Balaban J connectivity index is 1.53. The molecule has 5 nitrogen and oxygen atoms in total. The number of hydrogen-bond donors (Lipinski definition) is 2. The van der Waals surface area contributed by atoms with E-state index in [1.165, 1.54) is 23.6 Å². The van der Waals surface area contributed by atoms with Gasteiger partial charge in [0.15, 0.2) is 0 Å². The largest absolute Gasteiger partial charge is 0.358 e. The summed E-state index contributed by atoms with van der Waals surface area (Å²) in [6.45, 7) is 2.73. The van der Waals surface area contributed by atoms with Crippen molar-refractivity contribution in [3.8, 4) is 0 Å². The van der Waals surface area contributed by atoms with E-state index in [0.717, 1.165) is 17.5 Å². The van der Waals surface area contributed by atoms with Crippen molar-refractivity contribution in [2.75, 3.05) is 6.54 Å². The lowest BCUT2D eigenvalue weighted by atomic mass is 10.0. The van der Waals surface area contributed by atoms with E-state index in [9.17, 15) is 9.59 Å². The molecule has 0 fully saturated rings. The monoisotopic (exact) mass is 395 g/mol. The minimum atomic E-state index is -0.369. The molecule has 0 saturated heterocycles. The summed E-state index contributed by atoms with van der Waals surface area (Å²) in [5.41, 5.74) is 4.39. The molecule has 2 heterocycles. The standard InChI is InChI=1S/C22H22ClN3O2/c1-14(27)24-21(15-6-8-16(23)9-7-15)12-22(28)26-11-10-20-18(13-26)17-4-2-3-5-19(17)25-20/h2-9,21,25H,10-13H2,1H3,(H,24,27). The van der Waals surface area contributed by atoms with Crippen LogP contribution < -0.4 is 5.32 Å². The van der Waals surface area contributed by atoms with Gasteiger partial charge in [0, 0.05) is 53.6 Å². The highest BCUT2D eigenvalue weighted by Gasteiger charge is 2.26. The van der Waals surface area contributed by atoms with Crippen molar-refractivity contribution < 1.29 is 9.59 Å². The highest BCUT2D eigenvalue weighted by atomic mass is 35.5. The van der Waals surface area contributed by atoms with E-state index in [-0.39, 0.29) is 24.3 Å². The molecule has 1 atom stereocenters. The lowest BCUT2D eigenvalue weighted by Crippen LogP contribution is -2.38. The average Bonchev–Trinajstić information content (AvgIpc) is 3.05. The minimum Gasteiger partial charge on any atom is -0.358 e. The van der Waals surface area contributed by atoms with Crippen molar-refractivity contribution in [3.05, 3.63) is 70.4 Å². The molecule has 4 rings (SSSR count). The van der Waals surface area contributed by atoms with Crippen LogP contribution in [0.2, 0.25) is 5.02 Å². The van der Waals surface area contributed by atoms with Gasteiger partial charge in [-0.2, -0.15) is 0 Å². The number of rotatable bonds is 4. The smallest absolute Gasteiger partial charge is 0.225 e. The van der Waals surface area contributed by atoms with Gasteiger partial charge in [-0.1, -0.05) is 41.9 Å². The third-order valence-electron chi connectivity index (χ3n) is 5.26. The van der Waals surface area contributed by atoms with Crippen molar-refractivity contribution in [1.29, 1.82) is 0 Å². The summed E-state index contributed by atoms with van der Waals surface area (Å²) < 4.78 is 0. The van der Waals surface area contributed by atoms with Crippen molar-refractivity contribution in [1.82, 2.24) is 15.2 Å². The maximum Gasteiger partial charge on any atom is 0.225 e. The maximum atomic E-state index is 13.0. The number of fused-ring (bicyclic) bond motifs is 3. The Bertz CT molecular complexity index is 1030. The second-order valence-electron chi connectivity index (χ2n) is 7.20. The van der Waals surface area contributed by atoms with Gasteiger partial charge in [-0.3, -0.25) is 9.59 Å². The van der Waals surface area contributed by atoms with Gasteiger partial charge in [-0.05, 0) is 23.8 Å². The number of benzene rings is 2. The van der Waals surface area contributed by atoms with Crippen LogP contribution in [0.4, 0.5) is 0 Å². The molecule has 6 heteroatoms. The Morgan fingerprint density at radius 3 is 2.68 bits per heavy atom. The van der Waals surface area contributed by atoms with Crippen LogP contribution in [0.5, 0.6) is 0 Å². The van der Waals surface area contributed by atoms with Gasteiger partial charge in [0.05, 0.1) is 12.5 Å². The number of H-pyrrole nitrogens is 1. The Labute approximate surface area is 168 Å². The fraction of sp³-hybridized carbons (Fsp3) is 0.273. The number of nitrogens with zero attached hydrogens (tertiary/aromatic N) is 1. The fourth-order valence-electron chi connectivity index (χ4n) is 3.88. The molecule has 2 aromatic carbocycles. The van der Waals surface area contributed by atoms with Crippen molar-refractivity contribution in [2.45, 2.75) is 32.4 Å². The van der Waals surface area contributed by atoms with Crippen molar-refractivity contribution in [2.24, 2.45) is 0 Å². The molecular weight excluding hydrogens is 374 g/mol. The molecule has 2 N–H and O–H groups in total. The van der Waals surface area contributed by atoms with Gasteiger partial charge in [0.1, 0.15) is 0 Å². The molecule has 0 aliphatic carbocycles. The van der Waals surface area contributed by atoms with Crippen LogP contribution in [-0.4, -0.2) is 28.2 Å². The predicted molar refractivity (Wildman–Crippen MR) is 110 cm³/mol. The molecule has 2 amide bonds. The van der Waals surface area contributed by atoms with E-state index < -0.39 is 0 Å². The van der Waals surface area contributed by atoms with Crippen LogP contribution >= 0.6 is 11.6 Å². The van der Waals surface area contributed by atoms with Crippen LogP contribution in [0.25, 0.3) is 10.9 Å². The van der Waals surface area contributed by atoms with Crippen LogP contribution in [0.1, 0.15) is 36.2 Å². The zero-order chi connectivity index (χ0) is 19.7. The number of nitrogens with one attached hydrogen (secondary N) is 2. The summed E-state index contributed by atoms with van der Waals surface area (Å²) in [6, 6.07) is 15.1. The molecular formula is C22H22ClN3O2. The Morgan fingerprint density at radius 1 is 1.18 bits per heavy atom. The molecule has 144 valence electrons. The number of para-hydroxylation sites is 1.